The molecule has 6 heteroatoms. The van der Waals surface area contributed by atoms with Gasteiger partial charge in [-0.25, -0.2) is 0 Å². The van der Waals surface area contributed by atoms with E-state index in [0.717, 1.165) is 78.9 Å². The van der Waals surface area contributed by atoms with Crippen LogP contribution in [0.25, 0.3) is 0 Å². The number of fused-ring (bicyclic) bond motifs is 5. The van der Waals surface area contributed by atoms with Crippen LogP contribution < -0.4 is 9.47 Å². The number of hydrogen-bond donors (Lipinski definition) is 2. The Kier molecular flexibility index (Phi) is 18.3. The van der Waals surface area contributed by atoms with E-state index in [0.29, 0.717) is 12.8 Å². The predicted octanol–water partition coefficient (Wildman–Crippen LogP) is 17.2. The maximum absolute atomic E-state index is 10.7. The van der Waals surface area contributed by atoms with E-state index < -0.39 is 0 Å². The van der Waals surface area contributed by atoms with Gasteiger partial charge in [-0.3, -0.25) is 0 Å². The average Bonchev–Trinajstić information content (AvgIpc) is 4.16. The van der Waals surface area contributed by atoms with Crippen molar-refractivity contribution >= 4 is 0 Å². The minimum Gasteiger partial charge on any atom is -0.487 e. The third kappa shape index (κ3) is 13.0. The number of ether oxygens (including phenoxy) is 4. The number of aliphatic hydroxyl groups is 2. The van der Waals surface area contributed by atoms with Crippen molar-refractivity contribution in [3.8, 4) is 11.5 Å². The highest BCUT2D eigenvalue weighted by molar-refractivity contribution is 5.61. The van der Waals surface area contributed by atoms with Gasteiger partial charge in [0.05, 0.1) is 12.2 Å². The molecule has 7 rings (SSSR count). The number of hydrogen-bond acceptors (Lipinski definition) is 6. The van der Waals surface area contributed by atoms with Crippen LogP contribution in [0.5, 0.6) is 11.5 Å². The van der Waals surface area contributed by atoms with E-state index >= 15 is 0 Å². The molecule has 0 spiro atoms. The minimum atomic E-state index is -0.385. The van der Waals surface area contributed by atoms with Gasteiger partial charge in [0.1, 0.15) is 45.6 Å². The van der Waals surface area contributed by atoms with E-state index in [-0.39, 0.29) is 63.1 Å². The molecule has 11 atom stereocenters. The maximum atomic E-state index is 10.7. The summed E-state index contributed by atoms with van der Waals surface area (Å²) < 4.78 is 27.4. The summed E-state index contributed by atoms with van der Waals surface area (Å²) in [6, 6.07) is 0. The lowest BCUT2D eigenvalue weighted by molar-refractivity contribution is 0.0501. The third-order valence-electron chi connectivity index (χ3n) is 19.4. The smallest absolute Gasteiger partial charge is 0.127 e. The number of benzene rings is 1. The van der Waals surface area contributed by atoms with Crippen molar-refractivity contribution in [2.45, 2.75) is 267 Å². The Morgan fingerprint density at radius 3 is 1.68 bits per heavy atom. The van der Waals surface area contributed by atoms with Crippen molar-refractivity contribution in [1.82, 2.24) is 0 Å². The zero-order chi connectivity index (χ0) is 54.9. The van der Waals surface area contributed by atoms with Gasteiger partial charge >= 0.3 is 0 Å². The Bertz CT molecular complexity index is 2450. The van der Waals surface area contributed by atoms with Crippen LogP contribution in [0.15, 0.2) is 95.2 Å². The first kappa shape index (κ1) is 59.2. The van der Waals surface area contributed by atoms with Gasteiger partial charge in [-0.15, -0.1) is 0 Å². The van der Waals surface area contributed by atoms with Gasteiger partial charge in [-0.2, -0.15) is 0 Å². The van der Waals surface area contributed by atoms with E-state index in [2.05, 4.69) is 191 Å². The SMILES string of the molecule is CC(C=CC=C(C)C=C[C@@]12O[C@]1(C)C[C@@H](O)CC2(C)C)=CC=CC=C(C)[C@@H]1Oc2c(C)c(C)c3c(c2C[C@H]1C=C(C)C=C[C@@]12O[C@]1(C)C[C@@H](O)CC2(C)C)CC[C@@](C)(CCC[C@@H](C)CCC[C@@H](C)CCCC(C)C)O3. The highest BCUT2D eigenvalue weighted by Crippen LogP contribution is 2.67. The third-order valence-corrected chi connectivity index (χ3v) is 19.4. The van der Waals surface area contributed by atoms with Gasteiger partial charge in [0.25, 0.3) is 0 Å². The van der Waals surface area contributed by atoms with Crippen LogP contribution in [0.2, 0.25) is 0 Å². The van der Waals surface area contributed by atoms with Crippen LogP contribution in [-0.2, 0) is 22.3 Å². The molecule has 2 N–H and O–H groups in total. The molecule has 2 saturated heterocycles. The normalized spacial score (nSPS) is 34.3. The standard InChI is InChI=1S/C69H104O6/c1-46(2)24-20-26-48(4)28-21-29-49(5)31-23-36-65(15)37-35-58-59-41-55(40-51(7)34-39-69-64(13,14)43-57(71)45-67(69,17)75-69)60(72-61(59)53(9)54(10)62(58)73-65)52(8)32-19-18-25-47(3)27-22-30-50(6)33-38-68-63(11,12)42-56(70)44-66(68,16)74-68/h18-19,22,25,27,30,32-34,38-40,46,48-49,55-57,60,70-71H,20-21,23-24,26,28-29,31,35-37,41-45H2,1-17H3/t48-,49-,55+,56-,57-,60-,65+,66+,67+,68-,69-/m0/s1. The zero-order valence-electron chi connectivity index (χ0n) is 50.3. The van der Waals surface area contributed by atoms with Crippen molar-refractivity contribution in [2.75, 3.05) is 0 Å². The molecule has 416 valence electrons. The first-order chi connectivity index (χ1) is 35.1. The molecule has 0 aromatic heterocycles. The molecule has 0 unspecified atom stereocenters. The Balaban J connectivity index is 1.05. The topological polar surface area (TPSA) is 84.0 Å². The van der Waals surface area contributed by atoms with E-state index in [1.165, 1.54) is 84.8 Å². The number of epoxide rings is 2. The molecule has 0 radical (unpaired) electrons. The summed E-state index contributed by atoms with van der Waals surface area (Å²) in [5.74, 6) is 4.67. The molecule has 4 aliphatic heterocycles. The predicted molar refractivity (Wildman–Crippen MR) is 314 cm³/mol. The molecule has 4 fully saturated rings. The van der Waals surface area contributed by atoms with Gasteiger partial charge in [-0.05, 0) is 154 Å². The molecule has 0 bridgehead atoms. The van der Waals surface area contributed by atoms with Crippen LogP contribution in [0, 0.1) is 48.3 Å². The van der Waals surface area contributed by atoms with Crippen molar-refractivity contribution in [3.05, 3.63) is 117 Å². The van der Waals surface area contributed by atoms with E-state index in [9.17, 15) is 10.2 Å². The van der Waals surface area contributed by atoms with Gasteiger partial charge in [0.2, 0.25) is 0 Å². The molecule has 6 nitrogen and oxygen atoms in total. The highest BCUT2D eigenvalue weighted by Gasteiger charge is 2.75. The van der Waals surface area contributed by atoms with Crippen molar-refractivity contribution in [3.63, 3.8) is 0 Å². The summed E-state index contributed by atoms with van der Waals surface area (Å²) >= 11 is 0. The molecule has 1 aromatic rings. The largest absolute Gasteiger partial charge is 0.487 e. The van der Waals surface area contributed by atoms with Crippen LogP contribution >= 0.6 is 0 Å². The van der Waals surface area contributed by atoms with E-state index in [4.69, 9.17) is 18.9 Å². The molecule has 2 saturated carbocycles. The summed E-state index contributed by atoms with van der Waals surface area (Å²) in [6.45, 7) is 38.3. The first-order valence-corrected chi connectivity index (χ1v) is 29.8. The highest BCUT2D eigenvalue weighted by atomic mass is 16.6. The van der Waals surface area contributed by atoms with Crippen LogP contribution in [0.1, 0.15) is 216 Å². The van der Waals surface area contributed by atoms with Crippen LogP contribution in [-0.4, -0.2) is 56.5 Å². The molecular weight excluding hydrogens is 925 g/mol. The van der Waals surface area contributed by atoms with E-state index in [1.807, 2.05) is 0 Å². The Morgan fingerprint density at radius 2 is 1.11 bits per heavy atom. The fraction of sp³-hybridized carbons (Fsp3) is 0.681. The summed E-state index contributed by atoms with van der Waals surface area (Å²) in [4.78, 5) is 0. The molecule has 6 aliphatic rings. The summed E-state index contributed by atoms with van der Waals surface area (Å²) in [5, 5.41) is 21.2. The number of aliphatic hydroxyl groups excluding tert-OH is 2. The number of allylic oxidation sites excluding steroid dienone is 12. The molecule has 0 amide bonds. The fourth-order valence-corrected chi connectivity index (χ4v) is 14.7. The van der Waals surface area contributed by atoms with Crippen molar-refractivity contribution in [1.29, 1.82) is 0 Å². The lowest BCUT2D eigenvalue weighted by Crippen LogP contribution is -2.46. The van der Waals surface area contributed by atoms with Gasteiger partial charge in [0.15, 0.2) is 0 Å². The average molecular weight is 1030 g/mol. The lowest BCUT2D eigenvalue weighted by Gasteiger charge is -2.41. The first-order valence-electron chi connectivity index (χ1n) is 29.8. The van der Waals surface area contributed by atoms with Crippen LogP contribution in [0.3, 0.4) is 0 Å². The second kappa shape index (κ2) is 23.1. The summed E-state index contributed by atoms with van der Waals surface area (Å²) in [7, 11) is 0. The van der Waals surface area contributed by atoms with Gasteiger partial charge in [-0.1, -0.05) is 178 Å². The van der Waals surface area contributed by atoms with Gasteiger partial charge in [0, 0.05) is 40.7 Å². The second-order valence-corrected chi connectivity index (χ2v) is 27.8. The Labute approximate surface area is 457 Å². The quantitative estimate of drug-likeness (QED) is 0.0889. The minimum absolute atomic E-state index is 0.112. The Morgan fingerprint density at radius 1 is 0.600 bits per heavy atom. The molecule has 4 heterocycles. The zero-order valence-corrected chi connectivity index (χ0v) is 50.3. The molecule has 75 heavy (non-hydrogen) atoms. The molecular formula is C69H104O6. The lowest BCUT2D eigenvalue weighted by atomic mass is 9.63. The summed E-state index contributed by atoms with van der Waals surface area (Å²) in [5.41, 5.74) is 7.96. The summed E-state index contributed by atoms with van der Waals surface area (Å²) in [6.07, 6.45) is 43.2. The Hall–Kier alpha value is -3.42. The second-order valence-electron chi connectivity index (χ2n) is 27.8. The van der Waals surface area contributed by atoms with Crippen molar-refractivity contribution in [2.24, 2.45) is 34.5 Å². The fourth-order valence-electron chi connectivity index (χ4n) is 14.7. The maximum Gasteiger partial charge on any atom is 0.127 e. The van der Waals surface area contributed by atoms with E-state index in [1.54, 1.807) is 0 Å². The molecule has 2 aliphatic carbocycles. The molecule has 1 aromatic carbocycles. The number of rotatable bonds is 22. The monoisotopic (exact) mass is 1030 g/mol. The van der Waals surface area contributed by atoms with Gasteiger partial charge < -0.3 is 29.2 Å². The van der Waals surface area contributed by atoms with Crippen LogP contribution in [0.4, 0.5) is 0 Å². The van der Waals surface area contributed by atoms with Crippen molar-refractivity contribution < 1.29 is 29.2 Å².